The number of hydrogen-bond acceptors (Lipinski definition) is 3. The predicted molar refractivity (Wildman–Crippen MR) is 75.5 cm³/mol. The molecule has 1 aromatic carbocycles. The van der Waals surface area contributed by atoms with Crippen molar-refractivity contribution in [3.63, 3.8) is 0 Å². The predicted octanol–water partition coefficient (Wildman–Crippen LogP) is 1.87. The third-order valence-electron chi connectivity index (χ3n) is 3.94. The van der Waals surface area contributed by atoms with E-state index in [9.17, 15) is 9.90 Å². The molecule has 4 nitrogen and oxygen atoms in total. The van der Waals surface area contributed by atoms with Crippen molar-refractivity contribution >= 4 is 5.91 Å². The Morgan fingerprint density at radius 1 is 1.32 bits per heavy atom. The van der Waals surface area contributed by atoms with Gasteiger partial charge < -0.3 is 14.9 Å². The zero-order valence-corrected chi connectivity index (χ0v) is 11.9. The highest BCUT2D eigenvalue weighted by Gasteiger charge is 2.24. The van der Waals surface area contributed by atoms with Crippen LogP contribution in [0, 0.1) is 6.92 Å². The van der Waals surface area contributed by atoms with E-state index in [1.54, 1.807) is 18.2 Å². The first-order chi connectivity index (χ1) is 8.99. The van der Waals surface area contributed by atoms with Gasteiger partial charge in [-0.05, 0) is 51.6 Å². The summed E-state index contributed by atoms with van der Waals surface area (Å²) in [6, 6.07) is 5.70. The lowest BCUT2D eigenvalue weighted by Crippen LogP contribution is -2.44. The molecule has 2 rings (SSSR count). The minimum atomic E-state index is 0.0208. The van der Waals surface area contributed by atoms with Crippen LogP contribution in [0.1, 0.15) is 28.8 Å². The zero-order valence-electron chi connectivity index (χ0n) is 11.9. The lowest BCUT2D eigenvalue weighted by molar-refractivity contribution is 0.0663. The van der Waals surface area contributed by atoms with Gasteiger partial charge in [0.2, 0.25) is 0 Å². The fraction of sp³-hybridized carbons (Fsp3) is 0.533. The van der Waals surface area contributed by atoms with Crippen LogP contribution in [0.25, 0.3) is 0 Å². The Morgan fingerprint density at radius 2 is 1.95 bits per heavy atom. The molecule has 0 unspecified atom stereocenters. The molecule has 4 heteroatoms. The van der Waals surface area contributed by atoms with Crippen molar-refractivity contribution in [3.05, 3.63) is 29.3 Å². The summed E-state index contributed by atoms with van der Waals surface area (Å²) in [6.45, 7) is 3.40. The summed E-state index contributed by atoms with van der Waals surface area (Å²) >= 11 is 0. The first-order valence-electron chi connectivity index (χ1n) is 6.74. The standard InChI is InChI=1S/C15H22N2O2/c1-11-4-5-12(10-14(11)18)15(19)17-8-6-13(7-9-17)16(2)3/h4-5,10,13,18H,6-9H2,1-3H3. The van der Waals surface area contributed by atoms with Crippen molar-refractivity contribution in [2.45, 2.75) is 25.8 Å². The molecule has 19 heavy (non-hydrogen) atoms. The second-order valence-electron chi connectivity index (χ2n) is 5.49. The Balaban J connectivity index is 2.03. The molecule has 1 saturated heterocycles. The van der Waals surface area contributed by atoms with Crippen LogP contribution in [0.3, 0.4) is 0 Å². The SMILES string of the molecule is Cc1ccc(C(=O)N2CCC(N(C)C)CC2)cc1O. The van der Waals surface area contributed by atoms with Crippen LogP contribution in [0.4, 0.5) is 0 Å². The molecule has 0 aliphatic carbocycles. The maximum atomic E-state index is 12.3. The van der Waals surface area contributed by atoms with Crippen LogP contribution in [0.15, 0.2) is 18.2 Å². The van der Waals surface area contributed by atoms with Gasteiger partial charge >= 0.3 is 0 Å². The number of likely N-dealkylation sites (tertiary alicyclic amines) is 1. The number of aryl methyl sites for hydroxylation is 1. The number of amides is 1. The van der Waals surface area contributed by atoms with Crippen LogP contribution in [-0.4, -0.2) is 54.0 Å². The van der Waals surface area contributed by atoms with Crippen molar-refractivity contribution in [3.8, 4) is 5.75 Å². The van der Waals surface area contributed by atoms with Crippen LogP contribution in [0.5, 0.6) is 5.75 Å². The molecule has 0 bridgehead atoms. The number of aromatic hydroxyl groups is 1. The number of phenols is 1. The number of carbonyl (C=O) groups excluding carboxylic acids is 1. The zero-order chi connectivity index (χ0) is 14.0. The van der Waals surface area contributed by atoms with Gasteiger partial charge in [-0.15, -0.1) is 0 Å². The molecular weight excluding hydrogens is 240 g/mol. The van der Waals surface area contributed by atoms with E-state index in [0.29, 0.717) is 11.6 Å². The van der Waals surface area contributed by atoms with Crippen LogP contribution >= 0.6 is 0 Å². The summed E-state index contributed by atoms with van der Waals surface area (Å²) in [5.41, 5.74) is 1.37. The topological polar surface area (TPSA) is 43.8 Å². The molecule has 0 saturated carbocycles. The van der Waals surface area contributed by atoms with Crippen molar-refractivity contribution in [1.29, 1.82) is 0 Å². The van der Waals surface area contributed by atoms with Crippen molar-refractivity contribution in [1.82, 2.24) is 9.80 Å². The summed E-state index contributed by atoms with van der Waals surface area (Å²) in [6.07, 6.45) is 2.02. The van der Waals surface area contributed by atoms with Gasteiger partial charge in [-0.3, -0.25) is 4.79 Å². The molecule has 1 heterocycles. The van der Waals surface area contributed by atoms with Crippen LogP contribution < -0.4 is 0 Å². The number of nitrogens with zero attached hydrogens (tertiary/aromatic N) is 2. The maximum Gasteiger partial charge on any atom is 0.253 e. The molecule has 1 amide bonds. The average Bonchev–Trinajstić information content (AvgIpc) is 2.41. The summed E-state index contributed by atoms with van der Waals surface area (Å²) in [5.74, 6) is 0.210. The number of rotatable bonds is 2. The van der Waals surface area contributed by atoms with E-state index < -0.39 is 0 Å². The molecule has 1 aliphatic heterocycles. The molecule has 0 radical (unpaired) electrons. The van der Waals surface area contributed by atoms with E-state index in [-0.39, 0.29) is 11.7 Å². The number of piperidine rings is 1. The molecular formula is C15H22N2O2. The fourth-order valence-corrected chi connectivity index (χ4v) is 2.51. The number of hydrogen-bond donors (Lipinski definition) is 1. The molecule has 1 N–H and O–H groups in total. The van der Waals surface area contributed by atoms with E-state index in [4.69, 9.17) is 0 Å². The Bertz CT molecular complexity index is 463. The van der Waals surface area contributed by atoms with Gasteiger partial charge in [0.1, 0.15) is 5.75 Å². The lowest BCUT2D eigenvalue weighted by atomic mass is 10.0. The summed E-state index contributed by atoms with van der Waals surface area (Å²) in [7, 11) is 4.17. The Labute approximate surface area is 114 Å². The normalized spacial score (nSPS) is 16.9. The van der Waals surface area contributed by atoms with Gasteiger partial charge in [0.25, 0.3) is 5.91 Å². The lowest BCUT2D eigenvalue weighted by Gasteiger charge is -2.35. The minimum absolute atomic E-state index is 0.0208. The van der Waals surface area contributed by atoms with E-state index >= 15 is 0 Å². The van der Waals surface area contributed by atoms with Crippen LogP contribution in [-0.2, 0) is 0 Å². The molecule has 104 valence electrons. The van der Waals surface area contributed by atoms with E-state index in [2.05, 4.69) is 19.0 Å². The van der Waals surface area contributed by atoms with E-state index in [1.807, 2.05) is 11.8 Å². The number of carbonyl (C=O) groups is 1. The molecule has 0 aromatic heterocycles. The Hall–Kier alpha value is -1.55. The van der Waals surface area contributed by atoms with Crippen molar-refractivity contribution in [2.75, 3.05) is 27.2 Å². The third-order valence-corrected chi connectivity index (χ3v) is 3.94. The smallest absolute Gasteiger partial charge is 0.253 e. The van der Waals surface area contributed by atoms with E-state index in [1.165, 1.54) is 0 Å². The highest BCUT2D eigenvalue weighted by molar-refractivity contribution is 5.94. The number of phenolic OH excluding ortho intramolecular Hbond substituents is 1. The fourth-order valence-electron chi connectivity index (χ4n) is 2.51. The highest BCUT2D eigenvalue weighted by atomic mass is 16.3. The monoisotopic (exact) mass is 262 g/mol. The van der Waals surface area contributed by atoms with Crippen molar-refractivity contribution < 1.29 is 9.90 Å². The quantitative estimate of drug-likeness (QED) is 0.885. The number of benzene rings is 1. The highest BCUT2D eigenvalue weighted by Crippen LogP contribution is 2.21. The first kappa shape index (κ1) is 13.9. The Morgan fingerprint density at radius 3 is 2.47 bits per heavy atom. The van der Waals surface area contributed by atoms with E-state index in [0.717, 1.165) is 31.5 Å². The van der Waals surface area contributed by atoms with Gasteiger partial charge in [0, 0.05) is 24.7 Å². The largest absolute Gasteiger partial charge is 0.508 e. The van der Waals surface area contributed by atoms with Gasteiger partial charge in [-0.25, -0.2) is 0 Å². The molecule has 0 spiro atoms. The summed E-state index contributed by atoms with van der Waals surface area (Å²) in [5, 5.41) is 9.68. The first-order valence-corrected chi connectivity index (χ1v) is 6.74. The second kappa shape index (κ2) is 5.61. The summed E-state index contributed by atoms with van der Waals surface area (Å²) in [4.78, 5) is 16.4. The van der Waals surface area contributed by atoms with Gasteiger partial charge in [0.05, 0.1) is 0 Å². The third kappa shape index (κ3) is 3.07. The van der Waals surface area contributed by atoms with Gasteiger partial charge in [-0.2, -0.15) is 0 Å². The second-order valence-corrected chi connectivity index (χ2v) is 5.49. The maximum absolute atomic E-state index is 12.3. The molecule has 1 aromatic rings. The molecule has 1 aliphatic rings. The van der Waals surface area contributed by atoms with Crippen molar-refractivity contribution in [2.24, 2.45) is 0 Å². The molecule has 0 atom stereocenters. The Kier molecular flexibility index (Phi) is 4.10. The van der Waals surface area contributed by atoms with Crippen LogP contribution in [0.2, 0.25) is 0 Å². The summed E-state index contributed by atoms with van der Waals surface area (Å²) < 4.78 is 0. The minimum Gasteiger partial charge on any atom is -0.508 e. The molecule has 1 fully saturated rings. The average molecular weight is 262 g/mol. The van der Waals surface area contributed by atoms with Gasteiger partial charge in [-0.1, -0.05) is 6.07 Å². The van der Waals surface area contributed by atoms with Gasteiger partial charge in [0.15, 0.2) is 0 Å².